The van der Waals surface area contributed by atoms with Gasteiger partial charge < -0.3 is 9.40 Å². The fraction of sp³-hybridized carbons (Fsp3) is 0.0833. The van der Waals surface area contributed by atoms with E-state index in [0.717, 1.165) is 5.56 Å². The minimum absolute atomic E-state index is 0.197. The van der Waals surface area contributed by atoms with Gasteiger partial charge in [0.15, 0.2) is 0 Å². The van der Waals surface area contributed by atoms with Crippen LogP contribution in [0.3, 0.4) is 0 Å². The average Bonchev–Trinajstić information content (AvgIpc) is 2.78. The molecular weight excluding hydrogens is 254 g/mol. The summed E-state index contributed by atoms with van der Waals surface area (Å²) >= 11 is 5.74. The van der Waals surface area contributed by atoms with Crippen LogP contribution >= 0.6 is 11.6 Å². The van der Waals surface area contributed by atoms with Gasteiger partial charge in [-0.15, -0.1) is 0 Å². The molecule has 0 saturated carbocycles. The van der Waals surface area contributed by atoms with Crippen molar-refractivity contribution in [1.29, 1.82) is 0 Å². The second kappa shape index (κ2) is 5.46. The minimum Gasteiger partial charge on any atom is -0.328 e. The first-order valence-corrected chi connectivity index (χ1v) is 5.52. The molecule has 2 rings (SSSR count). The van der Waals surface area contributed by atoms with Crippen molar-refractivity contribution in [1.82, 2.24) is 9.55 Å². The Balaban J connectivity index is 1.98. The van der Waals surface area contributed by atoms with Crippen molar-refractivity contribution in [3.05, 3.63) is 53.1 Å². The van der Waals surface area contributed by atoms with Gasteiger partial charge in [-0.2, -0.15) is 0 Å². The molecule has 18 heavy (non-hydrogen) atoms. The molecule has 1 aromatic heterocycles. The Morgan fingerprint density at radius 1 is 1.44 bits per heavy atom. The number of rotatable bonds is 3. The zero-order valence-electron chi connectivity index (χ0n) is 9.58. The van der Waals surface area contributed by atoms with Gasteiger partial charge in [0.1, 0.15) is 0 Å². The Morgan fingerprint density at radius 2 is 2.17 bits per heavy atom. The minimum atomic E-state index is -0.604. The van der Waals surface area contributed by atoms with Crippen molar-refractivity contribution in [3.8, 4) is 0 Å². The van der Waals surface area contributed by atoms with Gasteiger partial charge in [0.25, 0.3) is 0 Å². The van der Waals surface area contributed by atoms with E-state index in [0.29, 0.717) is 5.02 Å². The van der Waals surface area contributed by atoms with Gasteiger partial charge in [-0.1, -0.05) is 28.9 Å². The first kappa shape index (κ1) is 12.3. The van der Waals surface area contributed by atoms with E-state index in [4.69, 9.17) is 16.4 Å². The number of hydrogen-bond acceptors (Lipinski definition) is 4. The largest absolute Gasteiger partial charge is 0.400 e. The number of halogens is 1. The van der Waals surface area contributed by atoms with Crippen LogP contribution in [0, 0.1) is 0 Å². The van der Waals surface area contributed by atoms with E-state index >= 15 is 0 Å². The summed E-state index contributed by atoms with van der Waals surface area (Å²) in [6, 6.07) is 6.98. The van der Waals surface area contributed by atoms with Gasteiger partial charge in [0, 0.05) is 24.5 Å². The highest BCUT2D eigenvalue weighted by Crippen LogP contribution is 2.08. The van der Waals surface area contributed by atoms with Crippen LogP contribution in [0.25, 0.3) is 0 Å². The smallest absolute Gasteiger partial charge is 0.328 e. The lowest BCUT2D eigenvalue weighted by Crippen LogP contribution is -2.08. The predicted octanol–water partition coefficient (Wildman–Crippen LogP) is 2.26. The third kappa shape index (κ3) is 2.95. The topological polar surface area (TPSA) is 56.5 Å². The number of nitrogens with zero attached hydrogens (tertiary/aromatic N) is 3. The molecule has 0 bridgehead atoms. The van der Waals surface area contributed by atoms with Crippen LogP contribution in [0.15, 0.2) is 41.8 Å². The second-order valence-electron chi connectivity index (χ2n) is 3.53. The second-order valence-corrected chi connectivity index (χ2v) is 3.96. The molecule has 0 saturated heterocycles. The number of oxime groups is 1. The quantitative estimate of drug-likeness (QED) is 0.485. The summed E-state index contributed by atoms with van der Waals surface area (Å²) in [5.41, 5.74) is 0.784. The lowest BCUT2D eigenvalue weighted by atomic mass is 10.2. The van der Waals surface area contributed by atoms with Crippen LogP contribution in [0.1, 0.15) is 16.2 Å². The van der Waals surface area contributed by atoms with Crippen molar-refractivity contribution in [2.24, 2.45) is 12.2 Å². The van der Waals surface area contributed by atoms with Crippen LogP contribution < -0.4 is 0 Å². The van der Waals surface area contributed by atoms with Crippen molar-refractivity contribution >= 4 is 23.8 Å². The summed E-state index contributed by atoms with van der Waals surface area (Å²) in [6.07, 6.45) is 4.59. The fourth-order valence-corrected chi connectivity index (χ4v) is 1.41. The van der Waals surface area contributed by atoms with Gasteiger partial charge in [0.05, 0.1) is 6.21 Å². The first-order chi connectivity index (χ1) is 8.66. The van der Waals surface area contributed by atoms with Crippen LogP contribution in [0.5, 0.6) is 0 Å². The van der Waals surface area contributed by atoms with Crippen molar-refractivity contribution in [2.75, 3.05) is 0 Å². The maximum Gasteiger partial charge on any atom is 0.400 e. The van der Waals surface area contributed by atoms with E-state index in [2.05, 4.69) is 10.1 Å². The van der Waals surface area contributed by atoms with Crippen LogP contribution in [-0.4, -0.2) is 21.7 Å². The van der Waals surface area contributed by atoms with Gasteiger partial charge in [-0.25, -0.2) is 9.78 Å². The number of benzene rings is 1. The summed E-state index contributed by atoms with van der Waals surface area (Å²) in [4.78, 5) is 20.1. The molecule has 0 spiro atoms. The molecule has 0 aliphatic rings. The Labute approximate surface area is 109 Å². The van der Waals surface area contributed by atoms with E-state index in [1.807, 2.05) is 0 Å². The number of aryl methyl sites for hydroxylation is 1. The maximum absolute atomic E-state index is 11.5. The Morgan fingerprint density at radius 3 is 2.78 bits per heavy atom. The van der Waals surface area contributed by atoms with E-state index in [1.165, 1.54) is 12.4 Å². The summed E-state index contributed by atoms with van der Waals surface area (Å²) in [7, 11) is 1.70. The van der Waals surface area contributed by atoms with Gasteiger partial charge in [-0.05, 0) is 17.7 Å². The Bertz CT molecular complexity index is 575. The third-order valence-corrected chi connectivity index (χ3v) is 2.46. The molecule has 1 heterocycles. The van der Waals surface area contributed by atoms with E-state index < -0.39 is 5.97 Å². The Kier molecular flexibility index (Phi) is 3.74. The molecule has 0 fully saturated rings. The zero-order valence-corrected chi connectivity index (χ0v) is 10.3. The van der Waals surface area contributed by atoms with E-state index in [-0.39, 0.29) is 5.82 Å². The average molecular weight is 264 g/mol. The number of carbonyl (C=O) groups excluding carboxylic acids is 1. The SMILES string of the molecule is Cn1ccnc1C(=O)ON=Cc1ccc(Cl)cc1. The predicted molar refractivity (Wildman–Crippen MR) is 67.7 cm³/mol. The number of aromatic nitrogens is 2. The molecular formula is C12H10ClN3O2. The van der Waals surface area contributed by atoms with Crippen LogP contribution in [0.2, 0.25) is 5.02 Å². The Hall–Kier alpha value is -2.14. The normalized spacial score (nSPS) is 10.8. The molecule has 0 atom stereocenters. The van der Waals surface area contributed by atoms with Gasteiger partial charge in [0.2, 0.25) is 5.82 Å². The maximum atomic E-state index is 11.5. The van der Waals surface area contributed by atoms with Crippen LogP contribution in [-0.2, 0) is 11.9 Å². The van der Waals surface area contributed by atoms with Crippen molar-refractivity contribution in [2.45, 2.75) is 0 Å². The molecule has 0 radical (unpaired) electrons. The number of hydrogen-bond donors (Lipinski definition) is 0. The van der Waals surface area contributed by atoms with E-state index in [1.54, 1.807) is 42.1 Å². The molecule has 0 unspecified atom stereocenters. The number of carbonyl (C=O) groups is 1. The molecule has 92 valence electrons. The van der Waals surface area contributed by atoms with Crippen molar-refractivity contribution in [3.63, 3.8) is 0 Å². The lowest BCUT2D eigenvalue weighted by molar-refractivity contribution is 0.0500. The number of imidazole rings is 1. The van der Waals surface area contributed by atoms with Crippen LogP contribution in [0.4, 0.5) is 0 Å². The molecule has 2 aromatic rings. The van der Waals surface area contributed by atoms with Gasteiger partial charge in [-0.3, -0.25) is 0 Å². The summed E-state index contributed by atoms with van der Waals surface area (Å²) in [6.45, 7) is 0. The van der Waals surface area contributed by atoms with Gasteiger partial charge >= 0.3 is 5.97 Å². The molecule has 0 N–H and O–H groups in total. The highest BCUT2D eigenvalue weighted by molar-refractivity contribution is 6.30. The molecule has 6 heteroatoms. The molecule has 0 aliphatic heterocycles. The highest BCUT2D eigenvalue weighted by atomic mass is 35.5. The monoisotopic (exact) mass is 263 g/mol. The highest BCUT2D eigenvalue weighted by Gasteiger charge is 2.11. The molecule has 0 amide bonds. The molecule has 1 aromatic carbocycles. The zero-order chi connectivity index (χ0) is 13.0. The summed E-state index contributed by atoms with van der Waals surface area (Å²) in [5, 5.41) is 4.23. The standard InChI is InChI=1S/C12H10ClN3O2/c1-16-7-6-14-11(16)12(17)18-15-8-9-2-4-10(13)5-3-9/h2-8H,1H3. The fourth-order valence-electron chi connectivity index (χ4n) is 1.29. The molecule has 5 nitrogen and oxygen atoms in total. The first-order valence-electron chi connectivity index (χ1n) is 5.14. The summed E-state index contributed by atoms with van der Waals surface area (Å²) in [5.74, 6) is -0.407. The lowest BCUT2D eigenvalue weighted by Gasteiger charge is -1.97. The third-order valence-electron chi connectivity index (χ3n) is 2.21. The molecule has 0 aliphatic carbocycles. The van der Waals surface area contributed by atoms with E-state index in [9.17, 15) is 4.79 Å². The van der Waals surface area contributed by atoms with Crippen molar-refractivity contribution < 1.29 is 9.63 Å². The summed E-state index contributed by atoms with van der Waals surface area (Å²) < 4.78 is 1.56.